The first kappa shape index (κ1) is 53.8. The largest absolute Gasteiger partial charge is 0.460 e. The Morgan fingerprint density at radius 3 is 0.745 bits per heavy atom. The van der Waals surface area contributed by atoms with Gasteiger partial charge in [0.05, 0.1) is 139 Å². The van der Waals surface area contributed by atoms with Crippen molar-refractivity contribution in [2.45, 2.75) is 104 Å². The van der Waals surface area contributed by atoms with E-state index in [1.165, 1.54) is 83.5 Å². The summed E-state index contributed by atoms with van der Waals surface area (Å²) in [6.07, 6.45) is 19.2. The Hall–Kier alpha value is -1.23. The van der Waals surface area contributed by atoms with Crippen LogP contribution in [0.5, 0.6) is 0 Å². The topological polar surface area (TPSA) is 128 Å². The summed E-state index contributed by atoms with van der Waals surface area (Å²) in [6.45, 7) is 19.0. The standard InChI is InChI=1S/C42H82O13/c1-4-5-6-7-8-9-10-11-12-13-14-15-16-17-18-44-19-20-45-21-22-46-23-24-47-25-26-48-27-28-49-29-30-50-31-32-51-33-34-52-35-36-53-37-38-54-39-40-55-42(43)41(2)3/h2,4-40H2,1,3H3. The molecule has 0 spiro atoms. The molecule has 0 aromatic heterocycles. The predicted molar refractivity (Wildman–Crippen MR) is 215 cm³/mol. The number of hydrogen-bond acceptors (Lipinski definition) is 13. The van der Waals surface area contributed by atoms with Crippen LogP contribution in [0.2, 0.25) is 0 Å². The molecule has 0 rings (SSSR count). The molecular formula is C42H82O13. The molecule has 0 atom stereocenters. The molecule has 0 fully saturated rings. The number of ether oxygens (including phenoxy) is 12. The molecule has 0 bridgehead atoms. The van der Waals surface area contributed by atoms with Crippen LogP contribution in [0.1, 0.15) is 104 Å². The molecular weight excluding hydrogens is 712 g/mol. The van der Waals surface area contributed by atoms with E-state index in [9.17, 15) is 4.79 Å². The van der Waals surface area contributed by atoms with Crippen LogP contribution in [0.25, 0.3) is 0 Å². The van der Waals surface area contributed by atoms with Gasteiger partial charge in [0.1, 0.15) is 6.61 Å². The number of carbonyl (C=O) groups is 1. The predicted octanol–water partition coefficient (Wildman–Crippen LogP) is 6.77. The lowest BCUT2D eigenvalue weighted by atomic mass is 10.0. The molecule has 0 saturated carbocycles. The molecule has 0 aromatic carbocycles. The number of hydrogen-bond donors (Lipinski definition) is 0. The molecule has 0 radical (unpaired) electrons. The molecule has 0 heterocycles. The smallest absolute Gasteiger partial charge is 0.333 e. The van der Waals surface area contributed by atoms with Gasteiger partial charge in [-0.05, 0) is 13.3 Å². The first-order valence-electron chi connectivity index (χ1n) is 21.4. The average molecular weight is 795 g/mol. The van der Waals surface area contributed by atoms with E-state index in [1.54, 1.807) is 6.92 Å². The minimum atomic E-state index is -0.410. The van der Waals surface area contributed by atoms with E-state index >= 15 is 0 Å². The molecule has 0 aliphatic carbocycles. The molecule has 0 aliphatic heterocycles. The number of unbranched alkanes of at least 4 members (excludes halogenated alkanes) is 13. The van der Waals surface area contributed by atoms with Crippen molar-refractivity contribution in [2.24, 2.45) is 0 Å². The lowest BCUT2D eigenvalue weighted by Crippen LogP contribution is -2.15. The highest BCUT2D eigenvalue weighted by atomic mass is 16.6. The molecule has 0 unspecified atom stereocenters. The second-order valence-electron chi connectivity index (χ2n) is 13.2. The van der Waals surface area contributed by atoms with Crippen molar-refractivity contribution in [1.29, 1.82) is 0 Å². The average Bonchev–Trinajstić information content (AvgIpc) is 3.18. The van der Waals surface area contributed by atoms with Crippen LogP contribution in [0.15, 0.2) is 12.2 Å². The van der Waals surface area contributed by atoms with Crippen LogP contribution in [-0.2, 0) is 61.6 Å². The van der Waals surface area contributed by atoms with Crippen molar-refractivity contribution < 1.29 is 61.6 Å². The molecule has 0 N–H and O–H groups in total. The van der Waals surface area contributed by atoms with Crippen molar-refractivity contribution in [3.8, 4) is 0 Å². The fraction of sp³-hybridized carbons (Fsp3) is 0.929. The van der Waals surface area contributed by atoms with Crippen molar-refractivity contribution in [2.75, 3.05) is 152 Å². The van der Waals surface area contributed by atoms with Crippen LogP contribution in [0.3, 0.4) is 0 Å². The Morgan fingerprint density at radius 2 is 0.509 bits per heavy atom. The van der Waals surface area contributed by atoms with Crippen LogP contribution in [-0.4, -0.2) is 158 Å². The Bertz CT molecular complexity index is 759. The van der Waals surface area contributed by atoms with Crippen LogP contribution in [0.4, 0.5) is 0 Å². The van der Waals surface area contributed by atoms with Crippen molar-refractivity contribution in [3.05, 3.63) is 12.2 Å². The third kappa shape index (κ3) is 48.8. The SMILES string of the molecule is C=C(C)C(=O)OCCOCCOCCOCCOCCOCCOCCOCCOCCOCCOCCOCCCCCCCCCCCCCCCC. The van der Waals surface area contributed by atoms with E-state index in [4.69, 9.17) is 56.8 Å². The first-order valence-corrected chi connectivity index (χ1v) is 21.4. The summed E-state index contributed by atoms with van der Waals surface area (Å²) in [5.74, 6) is -0.410. The van der Waals surface area contributed by atoms with Crippen LogP contribution < -0.4 is 0 Å². The van der Waals surface area contributed by atoms with Gasteiger partial charge >= 0.3 is 5.97 Å². The fourth-order valence-corrected chi connectivity index (χ4v) is 5.02. The Kier molecular flexibility index (Phi) is 47.8. The van der Waals surface area contributed by atoms with Gasteiger partial charge in [-0.3, -0.25) is 0 Å². The molecule has 0 aromatic rings. The normalized spacial score (nSPS) is 11.5. The van der Waals surface area contributed by atoms with E-state index < -0.39 is 5.97 Å². The fourth-order valence-electron chi connectivity index (χ4n) is 5.02. The zero-order valence-corrected chi connectivity index (χ0v) is 35.2. The summed E-state index contributed by atoms with van der Waals surface area (Å²) in [4.78, 5) is 11.2. The first-order chi connectivity index (χ1) is 27.2. The van der Waals surface area contributed by atoms with Gasteiger partial charge in [0.25, 0.3) is 0 Å². The number of rotatable bonds is 49. The second kappa shape index (κ2) is 48.9. The van der Waals surface area contributed by atoms with Gasteiger partial charge in [-0.1, -0.05) is 97.0 Å². The van der Waals surface area contributed by atoms with Gasteiger partial charge in [0.15, 0.2) is 0 Å². The summed E-state index contributed by atoms with van der Waals surface area (Å²) in [5, 5.41) is 0. The van der Waals surface area contributed by atoms with Gasteiger partial charge in [0.2, 0.25) is 0 Å². The van der Waals surface area contributed by atoms with Crippen molar-refractivity contribution in [3.63, 3.8) is 0 Å². The molecule has 0 aliphatic rings. The summed E-state index contributed by atoms with van der Waals surface area (Å²) in [5.41, 5.74) is 0.372. The highest BCUT2D eigenvalue weighted by molar-refractivity contribution is 5.86. The Labute approximate surface area is 335 Å². The molecule has 13 heteroatoms. The quantitative estimate of drug-likeness (QED) is 0.0366. The van der Waals surface area contributed by atoms with Gasteiger partial charge in [-0.15, -0.1) is 0 Å². The zero-order valence-electron chi connectivity index (χ0n) is 35.2. The summed E-state index contributed by atoms with van der Waals surface area (Å²) >= 11 is 0. The van der Waals surface area contributed by atoms with E-state index in [2.05, 4.69) is 13.5 Å². The third-order valence-corrected chi connectivity index (χ3v) is 8.17. The van der Waals surface area contributed by atoms with E-state index in [-0.39, 0.29) is 6.61 Å². The van der Waals surface area contributed by atoms with E-state index in [0.29, 0.717) is 144 Å². The highest BCUT2D eigenvalue weighted by Gasteiger charge is 2.02. The van der Waals surface area contributed by atoms with Gasteiger partial charge in [-0.2, -0.15) is 0 Å². The summed E-state index contributed by atoms with van der Waals surface area (Å²) in [6, 6.07) is 0. The van der Waals surface area contributed by atoms with E-state index in [0.717, 1.165) is 13.0 Å². The van der Waals surface area contributed by atoms with Crippen molar-refractivity contribution in [1.82, 2.24) is 0 Å². The third-order valence-electron chi connectivity index (χ3n) is 8.17. The minimum absolute atomic E-state index is 0.201. The highest BCUT2D eigenvalue weighted by Crippen LogP contribution is 2.13. The molecule has 328 valence electrons. The van der Waals surface area contributed by atoms with Crippen molar-refractivity contribution >= 4 is 5.97 Å². The molecule has 0 amide bonds. The zero-order chi connectivity index (χ0) is 39.8. The Morgan fingerprint density at radius 1 is 0.309 bits per heavy atom. The molecule has 55 heavy (non-hydrogen) atoms. The van der Waals surface area contributed by atoms with Gasteiger partial charge in [-0.25, -0.2) is 4.79 Å². The number of carbonyl (C=O) groups excluding carboxylic acids is 1. The summed E-state index contributed by atoms with van der Waals surface area (Å²) in [7, 11) is 0. The maximum absolute atomic E-state index is 11.2. The minimum Gasteiger partial charge on any atom is -0.460 e. The number of esters is 1. The van der Waals surface area contributed by atoms with Crippen LogP contribution >= 0.6 is 0 Å². The van der Waals surface area contributed by atoms with Gasteiger partial charge in [0, 0.05) is 12.2 Å². The Balaban J connectivity index is 3.07. The van der Waals surface area contributed by atoms with Gasteiger partial charge < -0.3 is 56.8 Å². The second-order valence-corrected chi connectivity index (χ2v) is 13.2. The van der Waals surface area contributed by atoms with Crippen LogP contribution in [0, 0.1) is 0 Å². The maximum Gasteiger partial charge on any atom is 0.333 e. The lowest BCUT2D eigenvalue weighted by molar-refractivity contribution is -0.140. The maximum atomic E-state index is 11.2. The van der Waals surface area contributed by atoms with E-state index in [1.807, 2.05) is 0 Å². The summed E-state index contributed by atoms with van der Waals surface area (Å²) < 4.78 is 65.4. The molecule has 13 nitrogen and oxygen atoms in total. The molecule has 0 saturated heterocycles. The monoisotopic (exact) mass is 795 g/mol. The lowest BCUT2D eigenvalue weighted by Gasteiger charge is -2.09.